The number of fused-ring (bicyclic) bond motifs is 2. The fourth-order valence-electron chi connectivity index (χ4n) is 5.69. The third-order valence-electron chi connectivity index (χ3n) is 7.20. The number of hydrogen-bond donors (Lipinski definition) is 2. The van der Waals surface area contributed by atoms with Gasteiger partial charge in [-0.25, -0.2) is 4.79 Å². The van der Waals surface area contributed by atoms with Gasteiger partial charge in [0, 0.05) is 29.3 Å². The molecule has 3 amide bonds. The van der Waals surface area contributed by atoms with Gasteiger partial charge < -0.3 is 25.0 Å². The van der Waals surface area contributed by atoms with Gasteiger partial charge in [-0.1, -0.05) is 24.6 Å². The van der Waals surface area contributed by atoms with Gasteiger partial charge in [0.05, 0.1) is 6.04 Å². The zero-order valence-corrected chi connectivity index (χ0v) is 19.8. The van der Waals surface area contributed by atoms with Gasteiger partial charge in [-0.2, -0.15) is 0 Å². The maximum absolute atomic E-state index is 13.7. The minimum atomic E-state index is -4.83. The highest BCUT2D eigenvalue weighted by Gasteiger charge is 2.51. The van der Waals surface area contributed by atoms with Crippen LogP contribution in [0, 0.1) is 5.92 Å². The van der Waals surface area contributed by atoms with E-state index >= 15 is 0 Å². The average molecular weight is 518 g/mol. The molecule has 0 spiro atoms. The maximum Gasteiger partial charge on any atom is 0.573 e. The van der Waals surface area contributed by atoms with Gasteiger partial charge in [0.1, 0.15) is 12.3 Å². The molecule has 37 heavy (non-hydrogen) atoms. The fraction of sp³-hybridized carbons (Fsp3) is 0.423. The number of carbonyl (C=O) groups excluding carboxylic acids is 2. The van der Waals surface area contributed by atoms with E-state index in [1.54, 1.807) is 15.9 Å². The summed E-state index contributed by atoms with van der Waals surface area (Å²) in [6.45, 7) is -0.483. The van der Waals surface area contributed by atoms with E-state index < -0.39 is 30.7 Å². The molecule has 1 heterocycles. The predicted molar refractivity (Wildman–Crippen MR) is 126 cm³/mol. The zero-order valence-electron chi connectivity index (χ0n) is 19.8. The molecule has 0 unspecified atom stereocenters. The van der Waals surface area contributed by atoms with Gasteiger partial charge in [0.2, 0.25) is 0 Å². The van der Waals surface area contributed by atoms with Gasteiger partial charge in [-0.3, -0.25) is 9.59 Å². The Morgan fingerprint density at radius 2 is 1.73 bits per heavy atom. The highest BCUT2D eigenvalue weighted by molar-refractivity contribution is 6.07. The summed E-state index contributed by atoms with van der Waals surface area (Å²) in [6, 6.07) is 11.2. The molecule has 3 atom stereocenters. The summed E-state index contributed by atoms with van der Waals surface area (Å²) in [6.07, 6.45) is -0.838. The van der Waals surface area contributed by atoms with Crippen LogP contribution in [0.2, 0.25) is 0 Å². The van der Waals surface area contributed by atoms with E-state index in [9.17, 15) is 27.6 Å². The molecule has 2 N–H and O–H groups in total. The number of carbonyl (C=O) groups is 3. The minimum Gasteiger partial charge on any atom is -0.480 e. The van der Waals surface area contributed by atoms with Crippen LogP contribution in [0.3, 0.4) is 0 Å². The quantitative estimate of drug-likeness (QED) is 0.578. The number of carboxylic acid groups (broad SMARTS) is 1. The standard InChI is InChI=1S/C26H26F3N3O5/c27-26(28,29)37-17-12-8-15(9-13-17)24(35)32-20-6-2-1-4-18(20)23(19-5-3-7-21(19)32)31(16-10-11-16)25(36)30-14-22(33)34/h1-2,4,6,8-9,12-13,16,19,21,23H,3,5,7,10-11,14H2,(H,30,36)(H,33,34)/t19-,21+,23-/m0/s1. The Balaban J connectivity index is 1.49. The summed E-state index contributed by atoms with van der Waals surface area (Å²) in [5, 5.41) is 11.6. The first kappa shape index (κ1) is 24.9. The number of anilines is 1. The SMILES string of the molecule is O=C(O)CNC(=O)N(C1CC1)[C@H]1c2ccccc2N(C(=O)c2ccc(OC(F)(F)F)cc2)[C@@H]2CCC[C@@H]21. The molecule has 3 aliphatic rings. The normalized spacial score (nSPS) is 22.6. The van der Waals surface area contributed by atoms with Crippen molar-refractivity contribution in [2.45, 2.75) is 56.6 Å². The highest BCUT2D eigenvalue weighted by atomic mass is 19.4. The molecule has 0 bridgehead atoms. The average Bonchev–Trinajstić information content (AvgIpc) is 3.57. The van der Waals surface area contributed by atoms with Crippen molar-refractivity contribution < 1.29 is 37.4 Å². The monoisotopic (exact) mass is 517 g/mol. The van der Waals surface area contributed by atoms with Crippen molar-refractivity contribution in [3.05, 3.63) is 59.7 Å². The van der Waals surface area contributed by atoms with Gasteiger partial charge in [0.25, 0.3) is 5.91 Å². The van der Waals surface area contributed by atoms with Crippen LogP contribution < -0.4 is 15.0 Å². The highest BCUT2D eigenvalue weighted by Crippen LogP contribution is 2.52. The lowest BCUT2D eigenvalue weighted by Gasteiger charge is -2.47. The van der Waals surface area contributed by atoms with E-state index in [4.69, 9.17) is 5.11 Å². The molecule has 2 aromatic rings. The second kappa shape index (κ2) is 9.60. The Labute approximate surface area is 211 Å². The Morgan fingerprint density at radius 3 is 2.38 bits per heavy atom. The van der Waals surface area contributed by atoms with Gasteiger partial charge in [-0.05, 0) is 61.6 Å². The van der Waals surface area contributed by atoms with Crippen molar-refractivity contribution >= 4 is 23.6 Å². The van der Waals surface area contributed by atoms with Gasteiger partial charge in [-0.15, -0.1) is 13.2 Å². The molecule has 0 aromatic heterocycles. The van der Waals surface area contributed by atoms with E-state index in [0.29, 0.717) is 12.1 Å². The van der Waals surface area contributed by atoms with Crippen molar-refractivity contribution in [2.24, 2.45) is 5.92 Å². The van der Waals surface area contributed by atoms with Crippen molar-refractivity contribution in [3.63, 3.8) is 0 Å². The molecule has 8 nitrogen and oxygen atoms in total. The number of halogens is 3. The number of nitrogens with one attached hydrogen (secondary N) is 1. The van der Waals surface area contributed by atoms with Gasteiger partial charge >= 0.3 is 18.4 Å². The van der Waals surface area contributed by atoms with Crippen LogP contribution in [-0.4, -0.2) is 52.9 Å². The van der Waals surface area contributed by atoms with E-state index in [1.165, 1.54) is 12.1 Å². The van der Waals surface area contributed by atoms with Crippen LogP contribution in [0.4, 0.5) is 23.7 Å². The van der Waals surface area contributed by atoms with Crippen molar-refractivity contribution in [2.75, 3.05) is 11.4 Å². The molecular weight excluding hydrogens is 491 g/mol. The van der Waals surface area contributed by atoms with Crippen LogP contribution in [0.25, 0.3) is 0 Å². The summed E-state index contributed by atoms with van der Waals surface area (Å²) in [5.41, 5.74) is 1.67. The summed E-state index contributed by atoms with van der Waals surface area (Å²) < 4.78 is 41.6. The second-order valence-corrected chi connectivity index (χ2v) is 9.60. The number of ether oxygens (including phenoxy) is 1. The number of benzene rings is 2. The number of para-hydroxylation sites is 1. The molecule has 5 rings (SSSR count). The van der Waals surface area contributed by atoms with E-state index in [-0.39, 0.29) is 35.5 Å². The summed E-state index contributed by atoms with van der Waals surface area (Å²) in [7, 11) is 0. The molecule has 0 saturated heterocycles. The molecular formula is C26H26F3N3O5. The molecule has 196 valence electrons. The number of nitrogens with zero attached hydrogens (tertiary/aromatic N) is 2. The number of urea groups is 1. The number of alkyl halides is 3. The third kappa shape index (κ3) is 5.07. The molecule has 2 aliphatic carbocycles. The Hall–Kier alpha value is -3.76. The zero-order chi connectivity index (χ0) is 26.3. The molecule has 11 heteroatoms. The van der Waals surface area contributed by atoms with Crippen LogP contribution in [-0.2, 0) is 4.79 Å². The first-order chi connectivity index (χ1) is 17.6. The van der Waals surface area contributed by atoms with E-state index in [0.717, 1.165) is 43.4 Å². The van der Waals surface area contributed by atoms with E-state index in [2.05, 4.69) is 10.1 Å². The lowest BCUT2D eigenvalue weighted by atomic mass is 9.81. The lowest BCUT2D eigenvalue weighted by molar-refractivity contribution is -0.274. The lowest BCUT2D eigenvalue weighted by Crippen LogP contribution is -2.54. The predicted octanol–water partition coefficient (Wildman–Crippen LogP) is 4.71. The van der Waals surface area contributed by atoms with Crippen LogP contribution in [0.5, 0.6) is 5.75 Å². The van der Waals surface area contributed by atoms with Crippen LogP contribution >= 0.6 is 0 Å². The minimum absolute atomic E-state index is 0.00321. The van der Waals surface area contributed by atoms with E-state index in [1.807, 2.05) is 18.2 Å². The molecule has 0 radical (unpaired) electrons. The number of aliphatic carboxylic acids is 1. The number of carboxylic acids is 1. The number of amides is 3. The largest absolute Gasteiger partial charge is 0.573 e. The first-order valence-electron chi connectivity index (χ1n) is 12.2. The van der Waals surface area contributed by atoms with Gasteiger partial charge in [0.15, 0.2) is 0 Å². The van der Waals surface area contributed by atoms with Crippen molar-refractivity contribution in [1.29, 1.82) is 0 Å². The fourth-order valence-corrected chi connectivity index (χ4v) is 5.69. The Morgan fingerprint density at radius 1 is 1.03 bits per heavy atom. The number of hydrogen-bond acceptors (Lipinski definition) is 4. The van der Waals surface area contributed by atoms with Crippen molar-refractivity contribution in [1.82, 2.24) is 10.2 Å². The Bertz CT molecular complexity index is 1200. The summed E-state index contributed by atoms with van der Waals surface area (Å²) in [5.74, 6) is -1.94. The maximum atomic E-state index is 13.7. The summed E-state index contributed by atoms with van der Waals surface area (Å²) >= 11 is 0. The van der Waals surface area contributed by atoms with Crippen LogP contribution in [0.15, 0.2) is 48.5 Å². The summed E-state index contributed by atoms with van der Waals surface area (Å²) in [4.78, 5) is 41.5. The molecule has 1 aliphatic heterocycles. The number of rotatable bonds is 6. The topological polar surface area (TPSA) is 99.2 Å². The van der Waals surface area contributed by atoms with Crippen LogP contribution in [0.1, 0.15) is 54.1 Å². The third-order valence-corrected chi connectivity index (χ3v) is 7.20. The second-order valence-electron chi connectivity index (χ2n) is 9.60. The molecule has 2 saturated carbocycles. The first-order valence-corrected chi connectivity index (χ1v) is 12.2. The Kier molecular flexibility index (Phi) is 6.47. The van der Waals surface area contributed by atoms with Crippen molar-refractivity contribution in [3.8, 4) is 5.75 Å². The smallest absolute Gasteiger partial charge is 0.480 e. The molecule has 2 fully saturated rings. The molecule has 2 aromatic carbocycles.